The van der Waals surface area contributed by atoms with E-state index in [9.17, 15) is 9.90 Å². The normalized spacial score (nSPS) is 15.4. The smallest absolute Gasteiger partial charge is 0.269 e. The molecule has 0 spiro atoms. The molecule has 1 amide bonds. The molecule has 0 saturated carbocycles. The van der Waals surface area contributed by atoms with Crippen molar-refractivity contribution in [1.82, 2.24) is 10.3 Å². The number of rotatable bonds is 16. The molecule has 1 unspecified atom stereocenters. The van der Waals surface area contributed by atoms with Crippen molar-refractivity contribution in [2.45, 2.75) is 96.7 Å². The van der Waals surface area contributed by atoms with Crippen molar-refractivity contribution >= 4 is 37.4 Å². The Labute approximate surface area is 296 Å². The van der Waals surface area contributed by atoms with Crippen molar-refractivity contribution in [3.05, 3.63) is 93.4 Å². The minimum Gasteiger partial charge on any atom is -0.497 e. The third-order valence-corrected chi connectivity index (χ3v) is 14.3. The molecule has 48 heavy (non-hydrogen) atoms. The molecule has 3 aromatic rings. The Kier molecular flexibility index (Phi) is 13.6. The van der Waals surface area contributed by atoms with Crippen molar-refractivity contribution in [3.8, 4) is 11.5 Å². The Morgan fingerprint density at radius 2 is 1.46 bits per heavy atom. The van der Waals surface area contributed by atoms with Gasteiger partial charge in [0.1, 0.15) is 35.5 Å². The summed E-state index contributed by atoms with van der Waals surface area (Å²) in [5, 5.41) is 15.8. The van der Waals surface area contributed by atoms with Crippen LogP contribution in [-0.4, -0.2) is 62.4 Å². The van der Waals surface area contributed by atoms with Crippen LogP contribution in [0.2, 0.25) is 28.2 Å². The van der Waals surface area contributed by atoms with Crippen LogP contribution in [0, 0.1) is 6.92 Å². The third-order valence-electron chi connectivity index (χ3n) is 8.94. The summed E-state index contributed by atoms with van der Waals surface area (Å²) in [6.07, 6.45) is 1.40. The van der Waals surface area contributed by atoms with Crippen molar-refractivity contribution in [1.29, 1.82) is 0 Å². The van der Waals surface area contributed by atoms with E-state index < -0.39 is 38.1 Å². The van der Waals surface area contributed by atoms with Crippen LogP contribution in [0.5, 0.6) is 11.5 Å². The topological polar surface area (TPSA) is 111 Å². The summed E-state index contributed by atoms with van der Waals surface area (Å²) in [6, 6.07) is 14.1. The molecule has 3 N–H and O–H groups in total. The summed E-state index contributed by atoms with van der Waals surface area (Å²) in [6.45, 7) is 16.4. The lowest BCUT2D eigenvalue weighted by atomic mass is 9.86. The fraction of sp³-hybridized carbons (Fsp3) is 0.472. The van der Waals surface area contributed by atoms with Crippen LogP contribution in [0.15, 0.2) is 60.9 Å². The highest BCUT2D eigenvalue weighted by molar-refractivity contribution is 6.74. The molecule has 0 aliphatic carbocycles. The Morgan fingerprint density at radius 1 is 0.938 bits per heavy atom. The number of carbonyl (C=O) groups is 1. The van der Waals surface area contributed by atoms with Gasteiger partial charge in [0.15, 0.2) is 8.32 Å². The molecule has 0 saturated heterocycles. The molecule has 2 aromatic carbocycles. The predicted octanol–water partition coefficient (Wildman–Crippen LogP) is 8.22. The quantitative estimate of drug-likeness (QED) is 0.101. The average Bonchev–Trinajstić information content (AvgIpc) is 3.31. The molecule has 1 aromatic heterocycles. The zero-order chi connectivity index (χ0) is 35.9. The van der Waals surface area contributed by atoms with Crippen molar-refractivity contribution in [2.24, 2.45) is 0 Å². The molecule has 0 fully saturated rings. The number of halogens is 2. The fourth-order valence-corrected chi connectivity index (χ4v) is 6.50. The van der Waals surface area contributed by atoms with Gasteiger partial charge in [-0.3, -0.25) is 4.79 Å². The molecule has 1 heterocycles. The third kappa shape index (κ3) is 9.80. The Hall–Kier alpha value is -2.99. The summed E-state index contributed by atoms with van der Waals surface area (Å²) in [4.78, 5) is 16.5. The van der Waals surface area contributed by atoms with E-state index in [1.54, 1.807) is 28.1 Å². The van der Waals surface area contributed by atoms with E-state index in [1.165, 1.54) is 12.3 Å². The number of carbonyl (C=O) groups excluding carboxylic acids is 1. The van der Waals surface area contributed by atoms with Crippen molar-refractivity contribution in [3.63, 3.8) is 0 Å². The number of aryl methyl sites for hydroxylation is 1. The van der Waals surface area contributed by atoms with Crippen LogP contribution in [0.3, 0.4) is 0 Å². The maximum atomic E-state index is 13.5. The van der Waals surface area contributed by atoms with Gasteiger partial charge in [0.05, 0.1) is 49.3 Å². The summed E-state index contributed by atoms with van der Waals surface area (Å²) < 4.78 is 29.8. The first-order valence-corrected chi connectivity index (χ1v) is 19.5. The number of H-pyrrole nitrogens is 1. The van der Waals surface area contributed by atoms with Crippen molar-refractivity contribution < 1.29 is 33.3 Å². The fourth-order valence-electron chi connectivity index (χ4n) is 4.72. The highest BCUT2D eigenvalue weighted by Gasteiger charge is 2.50. The zero-order valence-electron chi connectivity index (χ0n) is 29.6. The lowest BCUT2D eigenvalue weighted by Crippen LogP contribution is -2.63. The van der Waals surface area contributed by atoms with Gasteiger partial charge in [-0.1, -0.05) is 68.2 Å². The largest absolute Gasteiger partial charge is 0.497 e. The van der Waals surface area contributed by atoms with Gasteiger partial charge < -0.3 is 38.8 Å². The number of aromatic amines is 1. The van der Waals surface area contributed by atoms with E-state index in [-0.39, 0.29) is 34.0 Å². The standard InChI is InChI=1S/C36H50Cl2N2O7Si/c1-23-30(37)31(38)32(39-23)34(41)40-25(3)36(42,19-20-45-21-26-11-15-28(43-7)16-12-26)33(47-48(9,10)35(4,5)6)24(2)46-22-27-13-17-29(44-8)18-14-27/h11-20,24-25,33,39,42H,21-22H2,1-10H3,(H,40,41)/b20-19+/t24-,25?,33-,36-/m1/s1. The minimum absolute atomic E-state index is 0.0961. The van der Waals surface area contributed by atoms with E-state index >= 15 is 0 Å². The van der Waals surface area contributed by atoms with Crippen LogP contribution in [0.1, 0.15) is 61.9 Å². The SMILES string of the molecule is COc1ccc(CO/C=C/[C@@](O)(C(C)NC(=O)c2[nH]c(C)c(Cl)c2Cl)[C@H](O[Si](C)(C)C(C)(C)C)[C@@H](C)OCc2ccc(OC)cc2)cc1. The second kappa shape index (κ2) is 16.6. The average molecular weight is 722 g/mol. The number of ether oxygens (including phenoxy) is 4. The lowest BCUT2D eigenvalue weighted by molar-refractivity contribution is -0.123. The van der Waals surface area contributed by atoms with E-state index in [2.05, 4.69) is 44.2 Å². The zero-order valence-corrected chi connectivity index (χ0v) is 32.1. The number of nitrogens with one attached hydrogen (secondary N) is 2. The molecular formula is C36H50Cl2N2O7Si. The van der Waals surface area contributed by atoms with Gasteiger partial charge in [-0.25, -0.2) is 0 Å². The molecule has 0 bridgehead atoms. The van der Waals surface area contributed by atoms with Gasteiger partial charge in [0.25, 0.3) is 5.91 Å². The van der Waals surface area contributed by atoms with E-state index in [4.69, 9.17) is 46.6 Å². The Balaban J connectivity index is 2.00. The first kappa shape index (κ1) is 39.4. The Bertz CT molecular complexity index is 1520. The number of methoxy groups -OCH3 is 2. The van der Waals surface area contributed by atoms with E-state index in [0.29, 0.717) is 5.69 Å². The summed E-state index contributed by atoms with van der Waals surface area (Å²) in [5.41, 5.74) is 0.664. The van der Waals surface area contributed by atoms with Crippen LogP contribution in [0.4, 0.5) is 0 Å². The van der Waals surface area contributed by atoms with Gasteiger partial charge in [-0.15, -0.1) is 0 Å². The number of aliphatic hydroxyl groups is 1. The van der Waals surface area contributed by atoms with Crippen LogP contribution < -0.4 is 14.8 Å². The maximum absolute atomic E-state index is 13.5. The number of amides is 1. The summed E-state index contributed by atoms with van der Waals surface area (Å²) in [7, 11) is 0.692. The number of benzene rings is 2. The van der Waals surface area contributed by atoms with Crippen LogP contribution in [0.25, 0.3) is 0 Å². The summed E-state index contributed by atoms with van der Waals surface area (Å²) >= 11 is 12.6. The molecule has 0 aliphatic rings. The first-order chi connectivity index (χ1) is 22.4. The van der Waals surface area contributed by atoms with E-state index in [1.807, 2.05) is 55.5 Å². The maximum Gasteiger partial charge on any atom is 0.269 e. The van der Waals surface area contributed by atoms with Gasteiger partial charge in [-0.05, 0) is 80.4 Å². The van der Waals surface area contributed by atoms with Gasteiger partial charge in [0, 0.05) is 5.69 Å². The number of aromatic nitrogens is 1. The van der Waals surface area contributed by atoms with Crippen LogP contribution >= 0.6 is 23.2 Å². The molecular weight excluding hydrogens is 671 g/mol. The van der Waals surface area contributed by atoms with E-state index in [0.717, 1.165) is 22.6 Å². The van der Waals surface area contributed by atoms with Crippen LogP contribution in [-0.2, 0) is 27.1 Å². The molecule has 12 heteroatoms. The second-order valence-electron chi connectivity index (χ2n) is 13.5. The minimum atomic E-state index is -2.53. The molecule has 264 valence electrons. The highest BCUT2D eigenvalue weighted by atomic mass is 35.5. The van der Waals surface area contributed by atoms with Gasteiger partial charge in [0.2, 0.25) is 0 Å². The predicted molar refractivity (Wildman–Crippen MR) is 194 cm³/mol. The molecule has 3 rings (SSSR count). The van der Waals surface area contributed by atoms with Gasteiger partial charge >= 0.3 is 0 Å². The van der Waals surface area contributed by atoms with Gasteiger partial charge in [-0.2, -0.15) is 0 Å². The molecule has 4 atom stereocenters. The molecule has 0 radical (unpaired) electrons. The van der Waals surface area contributed by atoms with Crippen molar-refractivity contribution in [2.75, 3.05) is 14.2 Å². The molecule has 9 nitrogen and oxygen atoms in total. The Morgan fingerprint density at radius 3 is 1.92 bits per heavy atom. The number of hydrogen-bond donors (Lipinski definition) is 3. The second-order valence-corrected chi connectivity index (χ2v) is 19.0. The summed E-state index contributed by atoms with van der Waals surface area (Å²) in [5.74, 6) is 0.941. The first-order valence-electron chi connectivity index (χ1n) is 15.8. The highest BCUT2D eigenvalue weighted by Crippen LogP contribution is 2.40. The lowest BCUT2D eigenvalue weighted by Gasteiger charge is -2.47. The number of hydrogen-bond acceptors (Lipinski definition) is 7. The monoisotopic (exact) mass is 720 g/mol. The molecule has 0 aliphatic heterocycles.